The molecule has 0 radical (unpaired) electrons. The van der Waals surface area contributed by atoms with Gasteiger partial charge in [-0.3, -0.25) is 0 Å². The second-order valence-electron chi connectivity index (χ2n) is 8.40. The molecular weight excluding hydrogens is 448 g/mol. The molecule has 2 heterocycles. The van der Waals surface area contributed by atoms with Crippen LogP contribution in [0.25, 0.3) is 22.8 Å². The molecule has 1 aliphatic rings. The first-order chi connectivity index (χ1) is 16.4. The van der Waals surface area contributed by atoms with Crippen molar-refractivity contribution in [1.82, 2.24) is 14.4 Å². The largest absolute Gasteiger partial charge is 0.369 e. The summed E-state index contributed by atoms with van der Waals surface area (Å²) in [6.07, 6.45) is 0. The molecule has 5 rings (SSSR count). The quantitative estimate of drug-likeness (QED) is 0.423. The van der Waals surface area contributed by atoms with Crippen LogP contribution in [-0.2, 0) is 10.0 Å². The minimum Gasteiger partial charge on any atom is -0.369 e. The standard InChI is InChI=1S/C26H26N4O3S/c1-19-9-8-13-23(20(19)2)29-15-17-30(18-16-29)34(31,32)24-14-7-6-12-22(24)26-27-25(28-33-26)21-10-4-3-5-11-21/h3-14H,15-18H2,1-2H3. The van der Waals surface area contributed by atoms with Gasteiger partial charge in [-0.2, -0.15) is 9.29 Å². The Bertz CT molecular complexity index is 1410. The van der Waals surface area contributed by atoms with Crippen molar-refractivity contribution in [3.05, 3.63) is 83.9 Å². The van der Waals surface area contributed by atoms with Gasteiger partial charge in [-0.15, -0.1) is 0 Å². The molecule has 0 saturated carbocycles. The molecule has 4 aromatic rings. The second kappa shape index (κ2) is 9.04. The van der Waals surface area contributed by atoms with Crippen LogP contribution in [0, 0.1) is 13.8 Å². The molecule has 3 aromatic carbocycles. The Morgan fingerprint density at radius 1 is 0.824 bits per heavy atom. The van der Waals surface area contributed by atoms with Gasteiger partial charge in [-0.25, -0.2) is 8.42 Å². The number of aryl methyl sites for hydroxylation is 1. The lowest BCUT2D eigenvalue weighted by atomic mass is 10.1. The Hall–Kier alpha value is -3.49. The molecule has 174 valence electrons. The van der Waals surface area contributed by atoms with E-state index in [1.54, 1.807) is 28.6 Å². The molecule has 1 aliphatic heterocycles. The molecule has 0 N–H and O–H groups in total. The summed E-state index contributed by atoms with van der Waals surface area (Å²) in [4.78, 5) is 6.90. The average Bonchev–Trinajstić information content (AvgIpc) is 3.37. The molecule has 1 saturated heterocycles. The van der Waals surface area contributed by atoms with E-state index in [4.69, 9.17) is 4.52 Å². The predicted molar refractivity (Wildman–Crippen MR) is 132 cm³/mol. The van der Waals surface area contributed by atoms with Gasteiger partial charge >= 0.3 is 0 Å². The first kappa shape index (κ1) is 22.3. The van der Waals surface area contributed by atoms with E-state index in [1.807, 2.05) is 36.4 Å². The van der Waals surface area contributed by atoms with Crippen molar-refractivity contribution in [2.24, 2.45) is 0 Å². The van der Waals surface area contributed by atoms with Gasteiger partial charge in [0.1, 0.15) is 0 Å². The zero-order valence-electron chi connectivity index (χ0n) is 19.2. The summed E-state index contributed by atoms with van der Waals surface area (Å²) in [6, 6.07) is 22.5. The summed E-state index contributed by atoms with van der Waals surface area (Å²) in [7, 11) is -3.74. The first-order valence-corrected chi connectivity index (χ1v) is 12.7. The van der Waals surface area contributed by atoms with Crippen LogP contribution in [0.5, 0.6) is 0 Å². The number of aromatic nitrogens is 2. The van der Waals surface area contributed by atoms with Gasteiger partial charge in [0.15, 0.2) is 0 Å². The number of anilines is 1. The smallest absolute Gasteiger partial charge is 0.259 e. The van der Waals surface area contributed by atoms with E-state index in [0.29, 0.717) is 37.6 Å². The highest BCUT2D eigenvalue weighted by Gasteiger charge is 2.32. The van der Waals surface area contributed by atoms with Gasteiger partial charge in [-0.1, -0.05) is 59.8 Å². The summed E-state index contributed by atoms with van der Waals surface area (Å²) in [5.41, 5.74) is 4.84. The fourth-order valence-electron chi connectivity index (χ4n) is 4.29. The fourth-order valence-corrected chi connectivity index (χ4v) is 5.90. The molecule has 34 heavy (non-hydrogen) atoms. The van der Waals surface area contributed by atoms with Crippen LogP contribution < -0.4 is 4.90 Å². The van der Waals surface area contributed by atoms with Crippen molar-refractivity contribution in [2.45, 2.75) is 18.7 Å². The molecule has 0 bridgehead atoms. The molecule has 0 amide bonds. The van der Waals surface area contributed by atoms with E-state index < -0.39 is 10.0 Å². The molecule has 0 aliphatic carbocycles. The van der Waals surface area contributed by atoms with E-state index in [2.05, 4.69) is 41.0 Å². The van der Waals surface area contributed by atoms with Crippen molar-refractivity contribution in [1.29, 1.82) is 0 Å². The summed E-state index contributed by atoms with van der Waals surface area (Å²) in [5.74, 6) is 0.608. The summed E-state index contributed by atoms with van der Waals surface area (Å²) in [5, 5.41) is 4.06. The van der Waals surface area contributed by atoms with Crippen molar-refractivity contribution < 1.29 is 12.9 Å². The van der Waals surface area contributed by atoms with Gasteiger partial charge in [-0.05, 0) is 43.2 Å². The Morgan fingerprint density at radius 2 is 1.53 bits per heavy atom. The average molecular weight is 475 g/mol. The maximum Gasteiger partial charge on any atom is 0.259 e. The highest BCUT2D eigenvalue weighted by atomic mass is 32.2. The van der Waals surface area contributed by atoms with E-state index in [1.165, 1.54) is 11.1 Å². The lowest BCUT2D eigenvalue weighted by Crippen LogP contribution is -2.49. The van der Waals surface area contributed by atoms with Crippen LogP contribution in [0.15, 0.2) is 82.2 Å². The van der Waals surface area contributed by atoms with Crippen LogP contribution in [-0.4, -0.2) is 49.0 Å². The summed E-state index contributed by atoms with van der Waals surface area (Å²) < 4.78 is 34.3. The normalized spacial score (nSPS) is 14.9. The molecule has 1 fully saturated rings. The molecule has 7 nitrogen and oxygen atoms in total. The Morgan fingerprint density at radius 3 is 2.29 bits per heavy atom. The Labute approximate surface area is 199 Å². The van der Waals surface area contributed by atoms with Crippen molar-refractivity contribution in [2.75, 3.05) is 31.1 Å². The van der Waals surface area contributed by atoms with Crippen molar-refractivity contribution in [3.8, 4) is 22.8 Å². The zero-order chi connectivity index (χ0) is 23.7. The van der Waals surface area contributed by atoms with Crippen LogP contribution in [0.2, 0.25) is 0 Å². The Kier molecular flexibility index (Phi) is 5.93. The third-order valence-electron chi connectivity index (χ3n) is 6.35. The number of benzene rings is 3. The Balaban J connectivity index is 1.40. The lowest BCUT2D eigenvalue weighted by molar-refractivity contribution is 0.384. The van der Waals surface area contributed by atoms with Gasteiger partial charge < -0.3 is 9.42 Å². The minimum atomic E-state index is -3.74. The highest BCUT2D eigenvalue weighted by Crippen LogP contribution is 2.31. The van der Waals surface area contributed by atoms with Gasteiger partial charge in [0.25, 0.3) is 5.89 Å². The predicted octanol–water partition coefficient (Wildman–Crippen LogP) is 4.53. The summed E-state index contributed by atoms with van der Waals surface area (Å²) in [6.45, 7) is 6.27. The minimum absolute atomic E-state index is 0.179. The van der Waals surface area contributed by atoms with Gasteiger partial charge in [0, 0.05) is 37.4 Å². The number of piperazine rings is 1. The zero-order valence-corrected chi connectivity index (χ0v) is 20.0. The number of hydrogen-bond acceptors (Lipinski definition) is 6. The van der Waals surface area contributed by atoms with E-state index in [-0.39, 0.29) is 10.8 Å². The highest BCUT2D eigenvalue weighted by molar-refractivity contribution is 7.89. The topological polar surface area (TPSA) is 79.5 Å². The number of sulfonamides is 1. The fraction of sp³-hybridized carbons (Fsp3) is 0.231. The van der Waals surface area contributed by atoms with Crippen molar-refractivity contribution >= 4 is 15.7 Å². The summed E-state index contributed by atoms with van der Waals surface area (Å²) >= 11 is 0. The number of rotatable bonds is 5. The maximum atomic E-state index is 13.6. The molecule has 8 heteroatoms. The van der Waals surface area contributed by atoms with Crippen LogP contribution >= 0.6 is 0 Å². The first-order valence-electron chi connectivity index (χ1n) is 11.2. The molecule has 0 spiro atoms. The number of hydrogen-bond donors (Lipinski definition) is 0. The van der Waals surface area contributed by atoms with Gasteiger partial charge in [0.05, 0.1) is 10.5 Å². The molecule has 0 unspecified atom stereocenters. The number of nitrogens with zero attached hydrogens (tertiary/aromatic N) is 4. The maximum absolute atomic E-state index is 13.6. The lowest BCUT2D eigenvalue weighted by Gasteiger charge is -2.36. The van der Waals surface area contributed by atoms with Crippen LogP contribution in [0.1, 0.15) is 11.1 Å². The van der Waals surface area contributed by atoms with Crippen molar-refractivity contribution in [3.63, 3.8) is 0 Å². The van der Waals surface area contributed by atoms with Gasteiger partial charge in [0.2, 0.25) is 15.8 Å². The van der Waals surface area contributed by atoms with E-state index >= 15 is 0 Å². The van der Waals surface area contributed by atoms with E-state index in [9.17, 15) is 8.42 Å². The molecule has 0 atom stereocenters. The third-order valence-corrected chi connectivity index (χ3v) is 8.31. The monoisotopic (exact) mass is 474 g/mol. The molecule has 1 aromatic heterocycles. The second-order valence-corrected chi connectivity index (χ2v) is 10.3. The SMILES string of the molecule is Cc1cccc(N2CCN(S(=O)(=O)c3ccccc3-c3nc(-c4ccccc4)no3)CC2)c1C. The van der Waals surface area contributed by atoms with Crippen LogP contribution in [0.4, 0.5) is 5.69 Å². The third kappa shape index (κ3) is 4.10. The van der Waals surface area contributed by atoms with E-state index in [0.717, 1.165) is 11.3 Å². The molecular formula is C26H26N4O3S. The van der Waals surface area contributed by atoms with Crippen LogP contribution in [0.3, 0.4) is 0 Å².